The van der Waals surface area contributed by atoms with E-state index in [4.69, 9.17) is 0 Å². The molecule has 0 N–H and O–H groups in total. The third kappa shape index (κ3) is 3.85. The summed E-state index contributed by atoms with van der Waals surface area (Å²) in [6, 6.07) is 18.4. The van der Waals surface area contributed by atoms with E-state index in [0.29, 0.717) is 6.54 Å². The lowest BCUT2D eigenvalue weighted by molar-refractivity contribution is -0.136. The molecular formula is C23H26N4O. The Hall–Kier alpha value is -2.92. The normalized spacial score (nSPS) is 15.1. The summed E-state index contributed by atoms with van der Waals surface area (Å²) in [5, 5.41) is 4.43. The molecule has 1 unspecified atom stereocenters. The fraction of sp³-hybridized carbons (Fsp3) is 0.304. The lowest BCUT2D eigenvalue weighted by Gasteiger charge is -2.34. The number of fused-ring (bicyclic) bond motifs is 1. The Balaban J connectivity index is 1.39. The molecule has 4 rings (SSSR count). The van der Waals surface area contributed by atoms with Gasteiger partial charge in [0.05, 0.1) is 17.9 Å². The van der Waals surface area contributed by atoms with Crippen molar-refractivity contribution in [2.45, 2.75) is 32.5 Å². The summed E-state index contributed by atoms with van der Waals surface area (Å²) in [5.74, 6) is 0.145. The Labute approximate surface area is 166 Å². The van der Waals surface area contributed by atoms with Crippen LogP contribution in [0.25, 0.3) is 5.69 Å². The molecule has 0 saturated heterocycles. The van der Waals surface area contributed by atoms with Gasteiger partial charge in [0.2, 0.25) is 5.91 Å². The smallest absolute Gasteiger partial charge is 0.239 e. The van der Waals surface area contributed by atoms with Gasteiger partial charge in [-0.2, -0.15) is 5.10 Å². The average Bonchev–Trinajstić information content (AvgIpc) is 3.21. The molecule has 0 saturated carbocycles. The molecule has 0 bridgehead atoms. The Morgan fingerprint density at radius 1 is 1.11 bits per heavy atom. The van der Waals surface area contributed by atoms with Gasteiger partial charge < -0.3 is 4.90 Å². The Morgan fingerprint density at radius 3 is 2.61 bits per heavy atom. The van der Waals surface area contributed by atoms with Crippen LogP contribution in [0.5, 0.6) is 0 Å². The summed E-state index contributed by atoms with van der Waals surface area (Å²) in [7, 11) is 1.87. The number of likely N-dealkylation sites (N-methyl/N-ethyl adjacent to an activating group) is 1. The first-order valence-electron chi connectivity index (χ1n) is 9.76. The summed E-state index contributed by atoms with van der Waals surface area (Å²) in [4.78, 5) is 17.1. The predicted molar refractivity (Wildman–Crippen MR) is 110 cm³/mol. The SMILES string of the molecule is CC(C(=O)N(C)Cc1cnn(-c2ccccc2)c1)N1CCc2ccccc2C1. The number of amides is 1. The van der Waals surface area contributed by atoms with E-state index in [1.54, 1.807) is 4.90 Å². The quantitative estimate of drug-likeness (QED) is 0.688. The standard InChI is InChI=1S/C23H26N4O/c1-18(26-13-12-20-8-6-7-9-21(20)17-26)23(28)25(2)15-19-14-24-27(16-19)22-10-4-3-5-11-22/h3-11,14,16,18H,12-13,15,17H2,1-2H3. The molecule has 5 heteroatoms. The van der Waals surface area contributed by atoms with Crippen LogP contribution in [-0.4, -0.2) is 45.1 Å². The third-order valence-corrected chi connectivity index (χ3v) is 5.52. The maximum Gasteiger partial charge on any atom is 0.239 e. The molecule has 0 aliphatic carbocycles. The lowest BCUT2D eigenvalue weighted by Crippen LogP contribution is -2.47. The van der Waals surface area contributed by atoms with Crippen LogP contribution in [-0.2, 0) is 24.3 Å². The molecule has 28 heavy (non-hydrogen) atoms. The van der Waals surface area contributed by atoms with Crippen molar-refractivity contribution in [2.24, 2.45) is 0 Å². The molecule has 5 nitrogen and oxygen atoms in total. The number of benzene rings is 2. The van der Waals surface area contributed by atoms with E-state index in [0.717, 1.165) is 30.8 Å². The van der Waals surface area contributed by atoms with Gasteiger partial charge in [0.25, 0.3) is 0 Å². The van der Waals surface area contributed by atoms with Gasteiger partial charge >= 0.3 is 0 Å². The van der Waals surface area contributed by atoms with Crippen LogP contribution in [0.1, 0.15) is 23.6 Å². The second kappa shape index (κ2) is 7.98. The number of nitrogens with zero attached hydrogens (tertiary/aromatic N) is 4. The van der Waals surface area contributed by atoms with Crippen molar-refractivity contribution < 1.29 is 4.79 Å². The van der Waals surface area contributed by atoms with E-state index >= 15 is 0 Å². The van der Waals surface area contributed by atoms with Gasteiger partial charge in [-0.1, -0.05) is 42.5 Å². The highest BCUT2D eigenvalue weighted by Gasteiger charge is 2.27. The topological polar surface area (TPSA) is 41.4 Å². The second-order valence-corrected chi connectivity index (χ2v) is 7.49. The van der Waals surface area contributed by atoms with Gasteiger partial charge in [-0.05, 0) is 36.6 Å². The van der Waals surface area contributed by atoms with Gasteiger partial charge in [0, 0.05) is 38.4 Å². The first kappa shape index (κ1) is 18.4. The zero-order chi connectivity index (χ0) is 19.5. The van der Waals surface area contributed by atoms with E-state index in [-0.39, 0.29) is 11.9 Å². The minimum absolute atomic E-state index is 0.137. The van der Waals surface area contributed by atoms with Crippen molar-refractivity contribution in [1.29, 1.82) is 0 Å². The highest BCUT2D eigenvalue weighted by molar-refractivity contribution is 5.81. The summed E-state index contributed by atoms with van der Waals surface area (Å²) in [6.07, 6.45) is 4.82. The second-order valence-electron chi connectivity index (χ2n) is 7.49. The minimum Gasteiger partial charge on any atom is -0.340 e. The monoisotopic (exact) mass is 374 g/mol. The maximum atomic E-state index is 13.0. The van der Waals surface area contributed by atoms with Crippen molar-refractivity contribution in [3.63, 3.8) is 0 Å². The van der Waals surface area contributed by atoms with Crippen LogP contribution in [0.2, 0.25) is 0 Å². The highest BCUT2D eigenvalue weighted by atomic mass is 16.2. The molecule has 1 aromatic heterocycles. The molecule has 1 amide bonds. The zero-order valence-corrected chi connectivity index (χ0v) is 16.5. The Bertz CT molecular complexity index is 950. The van der Waals surface area contributed by atoms with E-state index in [1.807, 2.05) is 61.4 Å². The van der Waals surface area contributed by atoms with Crippen molar-refractivity contribution in [1.82, 2.24) is 19.6 Å². The molecule has 1 atom stereocenters. The molecule has 144 valence electrons. The van der Waals surface area contributed by atoms with Crippen LogP contribution in [0.15, 0.2) is 67.0 Å². The largest absolute Gasteiger partial charge is 0.340 e. The highest BCUT2D eigenvalue weighted by Crippen LogP contribution is 2.21. The van der Waals surface area contributed by atoms with Crippen molar-refractivity contribution in [3.05, 3.63) is 83.7 Å². The first-order valence-corrected chi connectivity index (χ1v) is 9.76. The predicted octanol–water partition coefficient (Wildman–Crippen LogP) is 3.28. The summed E-state index contributed by atoms with van der Waals surface area (Å²) >= 11 is 0. The fourth-order valence-electron chi connectivity index (χ4n) is 3.84. The van der Waals surface area contributed by atoms with Crippen LogP contribution >= 0.6 is 0 Å². The third-order valence-electron chi connectivity index (χ3n) is 5.52. The van der Waals surface area contributed by atoms with Gasteiger partial charge in [0.1, 0.15) is 0 Å². The Morgan fingerprint density at radius 2 is 1.82 bits per heavy atom. The number of para-hydroxylation sites is 1. The number of rotatable bonds is 5. The summed E-state index contributed by atoms with van der Waals surface area (Å²) < 4.78 is 1.85. The summed E-state index contributed by atoms with van der Waals surface area (Å²) in [5.41, 5.74) is 4.78. The van der Waals surface area contributed by atoms with Gasteiger partial charge in [-0.15, -0.1) is 0 Å². The number of aromatic nitrogens is 2. The zero-order valence-electron chi connectivity index (χ0n) is 16.5. The lowest BCUT2D eigenvalue weighted by atomic mass is 9.98. The van der Waals surface area contributed by atoms with Crippen LogP contribution < -0.4 is 0 Å². The first-order chi connectivity index (χ1) is 13.6. The fourth-order valence-corrected chi connectivity index (χ4v) is 3.84. The molecule has 0 radical (unpaired) electrons. The van der Waals surface area contributed by atoms with E-state index in [1.165, 1.54) is 11.1 Å². The Kier molecular flexibility index (Phi) is 5.26. The van der Waals surface area contributed by atoms with Crippen molar-refractivity contribution in [2.75, 3.05) is 13.6 Å². The molecule has 0 fully saturated rings. The summed E-state index contributed by atoms with van der Waals surface area (Å²) in [6.45, 7) is 4.33. The van der Waals surface area contributed by atoms with Gasteiger partial charge in [0.15, 0.2) is 0 Å². The van der Waals surface area contributed by atoms with E-state index in [9.17, 15) is 4.79 Å². The minimum atomic E-state index is -0.137. The number of hydrogen-bond acceptors (Lipinski definition) is 3. The maximum absolute atomic E-state index is 13.0. The molecule has 3 aromatic rings. The van der Waals surface area contributed by atoms with Gasteiger partial charge in [-0.3, -0.25) is 9.69 Å². The molecule has 0 spiro atoms. The molecule has 1 aliphatic rings. The van der Waals surface area contributed by atoms with E-state index < -0.39 is 0 Å². The number of hydrogen-bond donors (Lipinski definition) is 0. The van der Waals surface area contributed by atoms with Crippen LogP contribution in [0, 0.1) is 0 Å². The van der Waals surface area contributed by atoms with Crippen molar-refractivity contribution >= 4 is 5.91 Å². The number of carbonyl (C=O) groups is 1. The average molecular weight is 374 g/mol. The molecule has 2 heterocycles. The number of carbonyl (C=O) groups excluding carboxylic acids is 1. The molecule has 1 aliphatic heterocycles. The van der Waals surface area contributed by atoms with E-state index in [2.05, 4.69) is 34.3 Å². The van der Waals surface area contributed by atoms with Crippen molar-refractivity contribution in [3.8, 4) is 5.69 Å². The molecular weight excluding hydrogens is 348 g/mol. The van der Waals surface area contributed by atoms with Gasteiger partial charge in [-0.25, -0.2) is 4.68 Å². The molecule has 2 aromatic carbocycles. The van der Waals surface area contributed by atoms with Crippen LogP contribution in [0.3, 0.4) is 0 Å². The van der Waals surface area contributed by atoms with Crippen LogP contribution in [0.4, 0.5) is 0 Å².